The van der Waals surface area contributed by atoms with E-state index < -0.39 is 35.7 Å². The van der Waals surface area contributed by atoms with Gasteiger partial charge < -0.3 is 9.84 Å². The first-order valence-electron chi connectivity index (χ1n) is 12.4. The first-order chi connectivity index (χ1) is 18.3. The molecule has 3 aromatic rings. The molecular weight excluding hydrogens is 503 g/mol. The summed E-state index contributed by atoms with van der Waals surface area (Å²) in [7, 11) is 1.50. The molecule has 0 amide bonds. The second-order valence-electron chi connectivity index (χ2n) is 9.71. The molecule has 1 aliphatic rings. The zero-order valence-electron chi connectivity index (χ0n) is 21.0. The number of pyridine rings is 1. The summed E-state index contributed by atoms with van der Waals surface area (Å²) in [5.74, 6) is 2.38. The summed E-state index contributed by atoms with van der Waals surface area (Å²) < 4.78 is 75.2. The van der Waals surface area contributed by atoms with Crippen molar-refractivity contribution in [3.05, 3.63) is 70.7 Å². The molecule has 0 radical (unpaired) electrons. The predicted octanol–water partition coefficient (Wildman–Crippen LogP) is 6.05. The summed E-state index contributed by atoms with van der Waals surface area (Å²) in [6, 6.07) is 6.40. The highest BCUT2D eigenvalue weighted by Crippen LogP contribution is 2.41. The molecule has 9 heteroatoms. The monoisotopic (exact) mass is 532 g/mol. The third-order valence-corrected chi connectivity index (χ3v) is 7.36. The van der Waals surface area contributed by atoms with Crippen molar-refractivity contribution in [1.82, 2.24) is 9.88 Å². The van der Waals surface area contributed by atoms with Gasteiger partial charge in [-0.1, -0.05) is 11.8 Å². The van der Waals surface area contributed by atoms with Crippen molar-refractivity contribution in [2.24, 2.45) is 5.41 Å². The fourth-order valence-corrected chi connectivity index (χ4v) is 4.98. The quantitative estimate of drug-likeness (QED) is 0.218. The number of likely N-dealkylation sites (tertiary alicyclic amines) is 1. The van der Waals surface area contributed by atoms with Gasteiger partial charge >= 0.3 is 0 Å². The molecule has 1 atom stereocenters. The lowest BCUT2D eigenvalue weighted by Crippen LogP contribution is -2.42. The van der Waals surface area contributed by atoms with Crippen LogP contribution in [-0.2, 0) is 6.67 Å². The Balaban J connectivity index is 1.40. The molecule has 4 rings (SSSR count). The number of ether oxygens (including phenoxy) is 1. The van der Waals surface area contributed by atoms with E-state index >= 15 is 4.39 Å². The second-order valence-corrected chi connectivity index (χ2v) is 9.71. The van der Waals surface area contributed by atoms with E-state index in [1.165, 1.54) is 13.3 Å². The summed E-state index contributed by atoms with van der Waals surface area (Å²) in [4.78, 5) is 6.23. The van der Waals surface area contributed by atoms with Crippen LogP contribution in [0.1, 0.15) is 48.5 Å². The smallest absolute Gasteiger partial charge is 0.174 e. The average molecular weight is 533 g/mol. The molecule has 1 fully saturated rings. The first kappa shape index (κ1) is 27.8. The van der Waals surface area contributed by atoms with Gasteiger partial charge in [-0.05, 0) is 68.5 Å². The van der Waals surface area contributed by atoms with Gasteiger partial charge in [0.15, 0.2) is 11.6 Å². The van der Waals surface area contributed by atoms with Crippen LogP contribution in [0.4, 0.5) is 22.0 Å². The van der Waals surface area contributed by atoms with Gasteiger partial charge in [0.25, 0.3) is 0 Å². The maximum Gasteiger partial charge on any atom is 0.174 e. The van der Waals surface area contributed by atoms with E-state index in [1.54, 1.807) is 18.2 Å². The highest BCUT2D eigenvalue weighted by Gasteiger charge is 2.35. The number of hydrogen-bond donors (Lipinski definition) is 1. The summed E-state index contributed by atoms with van der Waals surface area (Å²) >= 11 is 0. The van der Waals surface area contributed by atoms with Crippen molar-refractivity contribution in [3.63, 3.8) is 0 Å². The van der Waals surface area contributed by atoms with Crippen molar-refractivity contribution in [1.29, 1.82) is 0 Å². The van der Waals surface area contributed by atoms with Crippen molar-refractivity contribution in [3.8, 4) is 17.6 Å². The van der Waals surface area contributed by atoms with Gasteiger partial charge in [-0.25, -0.2) is 22.0 Å². The van der Waals surface area contributed by atoms with E-state index in [-0.39, 0.29) is 36.3 Å². The van der Waals surface area contributed by atoms with E-state index in [0.717, 1.165) is 6.07 Å². The molecule has 202 valence electrons. The minimum absolute atomic E-state index is 0.105. The number of piperidine rings is 1. The third kappa shape index (κ3) is 6.08. The van der Waals surface area contributed by atoms with Gasteiger partial charge in [-0.3, -0.25) is 9.88 Å². The molecule has 1 N–H and O–H groups in total. The maximum absolute atomic E-state index is 15.7. The zero-order valence-corrected chi connectivity index (χ0v) is 21.0. The van der Waals surface area contributed by atoms with Crippen LogP contribution < -0.4 is 4.74 Å². The standard InChI is InChI=1S/C29H29F5N2O2/c1-38-22-4-5-26-23(15-22)27(20(16-30)17-35-26)24(32)6-7-29(18-37)8-11-36(12-9-29)10-2-3-19-13-21(31)14-25(33)28(19)34/h4-5,13-15,17,24,37H,6-12,16,18H2,1H3/t24-/m1/s1. The van der Waals surface area contributed by atoms with E-state index in [1.807, 2.05) is 4.90 Å². The minimum Gasteiger partial charge on any atom is -0.497 e. The molecule has 0 unspecified atom stereocenters. The van der Waals surface area contributed by atoms with Crippen LogP contribution in [0, 0.1) is 34.7 Å². The highest BCUT2D eigenvalue weighted by molar-refractivity contribution is 5.85. The molecule has 0 spiro atoms. The number of aromatic nitrogens is 1. The van der Waals surface area contributed by atoms with E-state index in [2.05, 4.69) is 16.8 Å². The number of aliphatic hydroxyl groups excluding tert-OH is 1. The summed E-state index contributed by atoms with van der Waals surface area (Å²) in [6.07, 6.45) is 1.59. The predicted molar refractivity (Wildman–Crippen MR) is 135 cm³/mol. The SMILES string of the molecule is COc1ccc2ncc(CF)c([C@H](F)CCC3(CO)CCN(CC#Cc4cc(F)cc(F)c4F)CC3)c2c1. The Morgan fingerprint density at radius 1 is 1.16 bits per heavy atom. The minimum atomic E-state index is -1.45. The number of halogens is 5. The van der Waals surface area contributed by atoms with Gasteiger partial charge in [0.05, 0.1) is 24.7 Å². The summed E-state index contributed by atoms with van der Waals surface area (Å²) in [5, 5.41) is 10.7. The lowest BCUT2D eigenvalue weighted by Gasteiger charge is -2.40. The van der Waals surface area contributed by atoms with Gasteiger partial charge in [-0.15, -0.1) is 0 Å². The largest absolute Gasteiger partial charge is 0.497 e. The van der Waals surface area contributed by atoms with Crippen LogP contribution in [0.3, 0.4) is 0 Å². The van der Waals surface area contributed by atoms with Gasteiger partial charge in [0.1, 0.15) is 24.4 Å². The molecule has 1 aromatic heterocycles. The molecular formula is C29H29F5N2O2. The van der Waals surface area contributed by atoms with Gasteiger partial charge in [0.2, 0.25) is 0 Å². The number of methoxy groups -OCH3 is 1. The van der Waals surface area contributed by atoms with E-state index in [0.29, 0.717) is 55.1 Å². The number of rotatable bonds is 8. The highest BCUT2D eigenvalue weighted by atomic mass is 19.2. The van der Waals surface area contributed by atoms with Crippen LogP contribution in [0.5, 0.6) is 5.75 Å². The molecule has 4 nitrogen and oxygen atoms in total. The van der Waals surface area contributed by atoms with Crippen molar-refractivity contribution in [2.45, 2.75) is 38.5 Å². The number of aliphatic hydroxyl groups is 1. The molecule has 1 aliphatic heterocycles. The fourth-order valence-electron chi connectivity index (χ4n) is 4.98. The molecule has 2 heterocycles. The first-order valence-corrected chi connectivity index (χ1v) is 12.4. The number of hydrogen-bond acceptors (Lipinski definition) is 4. The second kappa shape index (κ2) is 12.1. The van der Waals surface area contributed by atoms with E-state index in [4.69, 9.17) is 4.74 Å². The van der Waals surface area contributed by atoms with E-state index in [9.17, 15) is 22.7 Å². The Kier molecular flexibility index (Phi) is 8.85. The topological polar surface area (TPSA) is 45.6 Å². The molecule has 0 aliphatic carbocycles. The third-order valence-electron chi connectivity index (χ3n) is 7.36. The Hall–Kier alpha value is -3.22. The number of alkyl halides is 2. The molecule has 1 saturated heterocycles. The summed E-state index contributed by atoms with van der Waals surface area (Å²) in [5.41, 5.74) is 0.167. The Morgan fingerprint density at radius 2 is 1.92 bits per heavy atom. The van der Waals surface area contributed by atoms with Crippen LogP contribution in [0.25, 0.3) is 10.9 Å². The number of fused-ring (bicyclic) bond motifs is 1. The van der Waals surface area contributed by atoms with Crippen molar-refractivity contribution in [2.75, 3.05) is 33.4 Å². The summed E-state index contributed by atoms with van der Waals surface area (Å²) in [6.45, 7) is 0.432. The Labute approximate surface area is 218 Å². The Morgan fingerprint density at radius 3 is 2.61 bits per heavy atom. The van der Waals surface area contributed by atoms with Crippen LogP contribution >= 0.6 is 0 Å². The number of nitrogens with zero attached hydrogens (tertiary/aromatic N) is 2. The molecule has 0 saturated carbocycles. The molecule has 2 aromatic carbocycles. The van der Waals surface area contributed by atoms with Crippen molar-refractivity contribution < 1.29 is 31.8 Å². The number of benzene rings is 2. The van der Waals surface area contributed by atoms with Gasteiger partial charge in [-0.2, -0.15) is 0 Å². The lowest BCUT2D eigenvalue weighted by molar-refractivity contribution is 0.0344. The molecule has 38 heavy (non-hydrogen) atoms. The molecule has 0 bridgehead atoms. The zero-order chi connectivity index (χ0) is 27.3. The van der Waals surface area contributed by atoms with Crippen molar-refractivity contribution >= 4 is 10.9 Å². The average Bonchev–Trinajstić information content (AvgIpc) is 2.94. The van der Waals surface area contributed by atoms with Gasteiger partial charge in [0, 0.05) is 35.4 Å². The van der Waals surface area contributed by atoms with Crippen LogP contribution in [-0.4, -0.2) is 48.3 Å². The maximum atomic E-state index is 15.7. The lowest BCUT2D eigenvalue weighted by atomic mass is 9.74. The van der Waals surface area contributed by atoms with Crippen LogP contribution in [0.15, 0.2) is 36.5 Å². The fraction of sp³-hybridized carbons (Fsp3) is 0.414. The normalized spacial score (nSPS) is 16.2. The Bertz CT molecular complexity index is 1340. The van der Waals surface area contributed by atoms with Crippen LogP contribution in [0.2, 0.25) is 0 Å².